The van der Waals surface area contributed by atoms with E-state index < -0.39 is 17.5 Å². The van der Waals surface area contributed by atoms with Crippen LogP contribution in [0.2, 0.25) is 0 Å². The molecule has 0 aromatic carbocycles. The topological polar surface area (TPSA) is 50.1 Å². The van der Waals surface area contributed by atoms with Gasteiger partial charge in [0.25, 0.3) is 0 Å². The Labute approximate surface area is 79.7 Å². The molecule has 1 atom stereocenters. The van der Waals surface area contributed by atoms with E-state index in [2.05, 4.69) is 0 Å². The van der Waals surface area contributed by atoms with Crippen molar-refractivity contribution in [3.05, 3.63) is 0 Å². The van der Waals surface area contributed by atoms with Crippen LogP contribution in [0, 0.1) is 17.2 Å². The lowest BCUT2D eigenvalue weighted by Crippen LogP contribution is -2.28. The van der Waals surface area contributed by atoms with E-state index in [0.29, 0.717) is 6.42 Å². The van der Waals surface area contributed by atoms with Crippen LogP contribution in [-0.2, 0) is 9.53 Å². The average molecular weight is 183 g/mol. The molecule has 0 aromatic heterocycles. The highest BCUT2D eigenvalue weighted by atomic mass is 16.6. The lowest BCUT2D eigenvalue weighted by Gasteiger charge is -2.21. The van der Waals surface area contributed by atoms with E-state index in [0.717, 1.165) is 6.42 Å². The smallest absolute Gasteiger partial charge is 0.323 e. The van der Waals surface area contributed by atoms with E-state index in [-0.39, 0.29) is 0 Å². The number of hydrogen-bond acceptors (Lipinski definition) is 3. The number of carbonyl (C=O) groups is 1. The van der Waals surface area contributed by atoms with Gasteiger partial charge in [0.1, 0.15) is 11.5 Å². The minimum absolute atomic E-state index is 0.406. The fraction of sp³-hybridized carbons (Fsp3) is 0.800. The molecule has 0 amide bonds. The second-order valence-corrected chi connectivity index (χ2v) is 4.00. The SMILES string of the molecule is CCC[C@@H](C#N)C(=O)OC(C)(C)C. The predicted octanol–water partition coefficient (Wildman–Crippen LogP) is 2.27. The number of carbonyl (C=O) groups excluding carboxylic acids is 1. The molecular weight excluding hydrogens is 166 g/mol. The fourth-order valence-electron chi connectivity index (χ4n) is 0.897. The molecule has 0 saturated carbocycles. The van der Waals surface area contributed by atoms with Gasteiger partial charge in [-0.1, -0.05) is 13.3 Å². The molecule has 0 heterocycles. The minimum Gasteiger partial charge on any atom is -0.459 e. The van der Waals surface area contributed by atoms with Crippen LogP contribution in [0.15, 0.2) is 0 Å². The zero-order valence-electron chi connectivity index (χ0n) is 8.76. The van der Waals surface area contributed by atoms with Crippen molar-refractivity contribution in [2.24, 2.45) is 5.92 Å². The average Bonchev–Trinajstić information content (AvgIpc) is 1.96. The number of nitrogens with zero attached hydrogens (tertiary/aromatic N) is 1. The third kappa shape index (κ3) is 5.24. The van der Waals surface area contributed by atoms with Crippen molar-refractivity contribution in [1.82, 2.24) is 0 Å². The second kappa shape index (κ2) is 4.86. The van der Waals surface area contributed by atoms with Gasteiger partial charge in [-0.2, -0.15) is 5.26 Å². The Bertz CT molecular complexity index is 210. The van der Waals surface area contributed by atoms with Crippen LogP contribution >= 0.6 is 0 Å². The van der Waals surface area contributed by atoms with Gasteiger partial charge >= 0.3 is 5.97 Å². The van der Waals surface area contributed by atoms with Crippen molar-refractivity contribution in [2.75, 3.05) is 0 Å². The molecule has 0 aromatic rings. The monoisotopic (exact) mass is 183 g/mol. The highest BCUT2D eigenvalue weighted by Crippen LogP contribution is 2.14. The molecule has 0 radical (unpaired) electrons. The summed E-state index contributed by atoms with van der Waals surface area (Å²) in [5, 5.41) is 8.67. The van der Waals surface area contributed by atoms with Gasteiger partial charge in [0.05, 0.1) is 6.07 Å². The summed E-state index contributed by atoms with van der Waals surface area (Å²) in [7, 11) is 0. The van der Waals surface area contributed by atoms with Crippen LogP contribution in [0.3, 0.4) is 0 Å². The maximum atomic E-state index is 11.3. The molecule has 0 N–H and O–H groups in total. The first-order valence-corrected chi connectivity index (χ1v) is 4.53. The molecule has 13 heavy (non-hydrogen) atoms. The van der Waals surface area contributed by atoms with Gasteiger partial charge < -0.3 is 4.74 Å². The van der Waals surface area contributed by atoms with Crippen molar-refractivity contribution in [2.45, 2.75) is 46.1 Å². The summed E-state index contributed by atoms with van der Waals surface area (Å²) < 4.78 is 5.08. The molecule has 0 aliphatic rings. The summed E-state index contributed by atoms with van der Waals surface area (Å²) in [6.07, 6.45) is 1.39. The standard InChI is InChI=1S/C10H17NO2/c1-5-6-8(7-11)9(12)13-10(2,3)4/h8H,5-6H2,1-4H3/t8-/m0/s1. The molecular formula is C10H17NO2. The maximum Gasteiger partial charge on any atom is 0.323 e. The van der Waals surface area contributed by atoms with Gasteiger partial charge in [0.2, 0.25) is 0 Å². The van der Waals surface area contributed by atoms with Crippen LogP contribution in [0.25, 0.3) is 0 Å². The lowest BCUT2D eigenvalue weighted by atomic mass is 10.1. The first-order chi connectivity index (χ1) is 5.90. The Morgan fingerprint density at radius 3 is 2.38 bits per heavy atom. The van der Waals surface area contributed by atoms with Gasteiger partial charge in [-0.05, 0) is 27.2 Å². The molecule has 0 bridgehead atoms. The zero-order chi connectivity index (χ0) is 10.5. The van der Waals surface area contributed by atoms with Crippen molar-refractivity contribution in [1.29, 1.82) is 5.26 Å². The molecule has 0 aliphatic heterocycles. The van der Waals surface area contributed by atoms with Crippen LogP contribution < -0.4 is 0 Å². The summed E-state index contributed by atoms with van der Waals surface area (Å²) in [4.78, 5) is 11.3. The Balaban J connectivity index is 4.17. The first-order valence-electron chi connectivity index (χ1n) is 4.53. The molecule has 0 saturated heterocycles. The van der Waals surface area contributed by atoms with Crippen molar-refractivity contribution in [3.63, 3.8) is 0 Å². The summed E-state index contributed by atoms with van der Waals surface area (Å²) in [6, 6.07) is 1.95. The van der Waals surface area contributed by atoms with Gasteiger partial charge in [-0.25, -0.2) is 0 Å². The Hall–Kier alpha value is -1.04. The van der Waals surface area contributed by atoms with E-state index in [4.69, 9.17) is 10.00 Å². The maximum absolute atomic E-state index is 11.3. The van der Waals surface area contributed by atoms with Crippen LogP contribution in [0.5, 0.6) is 0 Å². The Morgan fingerprint density at radius 2 is 2.08 bits per heavy atom. The van der Waals surface area contributed by atoms with Crippen LogP contribution in [0.4, 0.5) is 0 Å². The normalized spacial score (nSPS) is 13.2. The summed E-state index contributed by atoms with van der Waals surface area (Å²) in [5.41, 5.74) is -0.500. The highest BCUT2D eigenvalue weighted by Gasteiger charge is 2.23. The number of ether oxygens (including phenoxy) is 1. The number of esters is 1. The Morgan fingerprint density at radius 1 is 1.54 bits per heavy atom. The molecule has 0 unspecified atom stereocenters. The van der Waals surface area contributed by atoms with Crippen molar-refractivity contribution in [3.8, 4) is 6.07 Å². The molecule has 0 fully saturated rings. The Kier molecular flexibility index (Phi) is 4.47. The van der Waals surface area contributed by atoms with Crippen LogP contribution in [0.1, 0.15) is 40.5 Å². The predicted molar refractivity (Wildman–Crippen MR) is 49.9 cm³/mol. The second-order valence-electron chi connectivity index (χ2n) is 4.00. The zero-order valence-corrected chi connectivity index (χ0v) is 8.76. The van der Waals surface area contributed by atoms with Gasteiger partial charge in [0.15, 0.2) is 0 Å². The molecule has 0 aliphatic carbocycles. The van der Waals surface area contributed by atoms with E-state index in [9.17, 15) is 4.79 Å². The van der Waals surface area contributed by atoms with E-state index >= 15 is 0 Å². The molecule has 74 valence electrons. The van der Waals surface area contributed by atoms with Crippen molar-refractivity contribution < 1.29 is 9.53 Å². The molecule has 0 spiro atoms. The fourth-order valence-corrected chi connectivity index (χ4v) is 0.897. The third-order valence-electron chi connectivity index (χ3n) is 1.42. The van der Waals surface area contributed by atoms with E-state index in [1.807, 2.05) is 13.0 Å². The summed E-state index contributed by atoms with van der Waals surface area (Å²) >= 11 is 0. The third-order valence-corrected chi connectivity index (χ3v) is 1.42. The van der Waals surface area contributed by atoms with Gasteiger partial charge in [-0.3, -0.25) is 4.79 Å². The molecule has 3 nitrogen and oxygen atoms in total. The largest absolute Gasteiger partial charge is 0.459 e. The quantitative estimate of drug-likeness (QED) is 0.630. The minimum atomic E-state index is -0.607. The van der Waals surface area contributed by atoms with Crippen molar-refractivity contribution >= 4 is 5.97 Å². The first kappa shape index (κ1) is 12.0. The van der Waals surface area contributed by atoms with Gasteiger partial charge in [0, 0.05) is 0 Å². The van der Waals surface area contributed by atoms with E-state index in [1.54, 1.807) is 20.8 Å². The van der Waals surface area contributed by atoms with Gasteiger partial charge in [-0.15, -0.1) is 0 Å². The highest BCUT2D eigenvalue weighted by molar-refractivity contribution is 5.75. The number of hydrogen-bond donors (Lipinski definition) is 0. The summed E-state index contributed by atoms with van der Waals surface area (Å²) in [5.74, 6) is -1.01. The van der Waals surface area contributed by atoms with E-state index in [1.165, 1.54) is 0 Å². The number of rotatable bonds is 3. The molecule has 3 heteroatoms. The lowest BCUT2D eigenvalue weighted by molar-refractivity contribution is -0.158. The number of nitriles is 1. The van der Waals surface area contributed by atoms with Crippen LogP contribution in [-0.4, -0.2) is 11.6 Å². The summed E-state index contributed by atoms with van der Waals surface area (Å²) in [6.45, 7) is 7.33. The molecule has 0 rings (SSSR count).